The molecule has 1 N–H and O–H groups in total. The summed E-state index contributed by atoms with van der Waals surface area (Å²) in [6.07, 6.45) is 6.11. The Morgan fingerprint density at radius 1 is 1.27 bits per heavy atom. The molecule has 0 radical (unpaired) electrons. The van der Waals surface area contributed by atoms with E-state index in [0.717, 1.165) is 54.1 Å². The molecule has 2 aromatic rings. The van der Waals surface area contributed by atoms with E-state index in [-0.39, 0.29) is 0 Å². The molecule has 0 saturated carbocycles. The Morgan fingerprint density at radius 3 is 2.64 bits per heavy atom. The number of nitrogens with one attached hydrogen (secondary N) is 1. The Labute approximate surface area is 138 Å². The Bertz CT molecular complexity index is 604. The van der Waals surface area contributed by atoms with Crippen molar-refractivity contribution in [2.45, 2.75) is 51.1 Å². The molecule has 0 aliphatic rings. The smallest absolute Gasteiger partial charge is 0.123 e. The van der Waals surface area contributed by atoms with Crippen LogP contribution in [0.4, 0.5) is 0 Å². The summed E-state index contributed by atoms with van der Waals surface area (Å²) in [7, 11) is 0. The molecule has 1 unspecified atom stereocenters. The molecule has 3 nitrogen and oxygen atoms in total. The first-order chi connectivity index (χ1) is 10.7. The minimum absolute atomic E-state index is 0.421. The molecule has 0 spiro atoms. The van der Waals surface area contributed by atoms with Crippen molar-refractivity contribution in [3.8, 4) is 11.1 Å². The van der Waals surface area contributed by atoms with Crippen molar-refractivity contribution < 1.29 is 0 Å². The van der Waals surface area contributed by atoms with Crippen molar-refractivity contribution in [1.82, 2.24) is 9.78 Å². The summed E-state index contributed by atoms with van der Waals surface area (Å²) < 4.78 is 1.91. The lowest BCUT2D eigenvalue weighted by atomic mass is 9.93. The fraction of sp³-hybridized carbons (Fsp3) is 0.444. The SMILES string of the molecule is CCCC(CC)C(=N)CCn1cc(-c2ccccc2)c(S)n1. The Kier molecular flexibility index (Phi) is 6.25. The first-order valence-electron chi connectivity index (χ1n) is 8.04. The molecule has 1 aromatic carbocycles. The second-order valence-corrected chi connectivity index (χ2v) is 6.09. The van der Waals surface area contributed by atoms with Crippen LogP contribution in [0.3, 0.4) is 0 Å². The van der Waals surface area contributed by atoms with E-state index in [0.29, 0.717) is 5.92 Å². The van der Waals surface area contributed by atoms with E-state index < -0.39 is 0 Å². The molecular weight excluding hydrogens is 290 g/mol. The summed E-state index contributed by atoms with van der Waals surface area (Å²) >= 11 is 4.48. The zero-order chi connectivity index (χ0) is 15.9. The van der Waals surface area contributed by atoms with Crippen LogP contribution in [0.15, 0.2) is 41.6 Å². The van der Waals surface area contributed by atoms with E-state index in [1.54, 1.807) is 0 Å². The van der Waals surface area contributed by atoms with Gasteiger partial charge in [0.25, 0.3) is 0 Å². The summed E-state index contributed by atoms with van der Waals surface area (Å²) in [6, 6.07) is 10.2. The van der Waals surface area contributed by atoms with Crippen LogP contribution in [-0.2, 0) is 6.54 Å². The first-order valence-corrected chi connectivity index (χ1v) is 8.49. The number of hydrogen-bond donors (Lipinski definition) is 2. The predicted molar refractivity (Wildman–Crippen MR) is 95.9 cm³/mol. The number of aryl methyl sites for hydroxylation is 1. The van der Waals surface area contributed by atoms with E-state index in [2.05, 4.69) is 43.7 Å². The molecule has 1 heterocycles. The molecule has 118 valence electrons. The highest BCUT2D eigenvalue weighted by Gasteiger charge is 2.13. The van der Waals surface area contributed by atoms with E-state index in [9.17, 15) is 0 Å². The molecule has 2 rings (SSSR count). The molecule has 0 bridgehead atoms. The predicted octanol–water partition coefficient (Wildman–Crippen LogP) is 5.07. The molecule has 0 amide bonds. The largest absolute Gasteiger partial charge is 0.309 e. The summed E-state index contributed by atoms with van der Waals surface area (Å²) in [4.78, 5) is 0. The minimum atomic E-state index is 0.421. The van der Waals surface area contributed by atoms with Crippen molar-refractivity contribution >= 4 is 18.3 Å². The number of thiol groups is 1. The highest BCUT2D eigenvalue weighted by atomic mass is 32.1. The van der Waals surface area contributed by atoms with Gasteiger partial charge in [0, 0.05) is 30.4 Å². The summed E-state index contributed by atoms with van der Waals surface area (Å²) in [5.74, 6) is 0.421. The van der Waals surface area contributed by atoms with Gasteiger partial charge in [0.1, 0.15) is 5.03 Å². The van der Waals surface area contributed by atoms with E-state index in [1.165, 1.54) is 0 Å². The molecule has 1 atom stereocenters. The lowest BCUT2D eigenvalue weighted by molar-refractivity contribution is 0.558. The van der Waals surface area contributed by atoms with Gasteiger partial charge in [0.05, 0.1) is 0 Å². The van der Waals surface area contributed by atoms with Crippen molar-refractivity contribution in [3.05, 3.63) is 36.5 Å². The van der Waals surface area contributed by atoms with Crippen molar-refractivity contribution in [3.63, 3.8) is 0 Å². The highest BCUT2D eigenvalue weighted by Crippen LogP contribution is 2.25. The van der Waals surface area contributed by atoms with Crippen molar-refractivity contribution in [2.24, 2.45) is 5.92 Å². The molecular formula is C18H25N3S. The van der Waals surface area contributed by atoms with Crippen LogP contribution in [0.5, 0.6) is 0 Å². The second kappa shape index (κ2) is 8.18. The summed E-state index contributed by atoms with van der Waals surface area (Å²) in [6.45, 7) is 5.10. The topological polar surface area (TPSA) is 41.7 Å². The van der Waals surface area contributed by atoms with Gasteiger partial charge in [-0.1, -0.05) is 50.6 Å². The van der Waals surface area contributed by atoms with Gasteiger partial charge in [-0.2, -0.15) is 5.10 Å². The minimum Gasteiger partial charge on any atom is -0.309 e. The highest BCUT2D eigenvalue weighted by molar-refractivity contribution is 7.80. The fourth-order valence-electron chi connectivity index (χ4n) is 2.76. The lowest BCUT2D eigenvalue weighted by Gasteiger charge is -2.15. The molecule has 22 heavy (non-hydrogen) atoms. The zero-order valence-corrected chi connectivity index (χ0v) is 14.3. The van der Waals surface area contributed by atoms with E-state index in [4.69, 9.17) is 5.41 Å². The van der Waals surface area contributed by atoms with Crippen molar-refractivity contribution in [2.75, 3.05) is 0 Å². The van der Waals surface area contributed by atoms with Gasteiger partial charge in [-0.05, 0) is 24.3 Å². The van der Waals surface area contributed by atoms with Crippen LogP contribution < -0.4 is 0 Å². The van der Waals surface area contributed by atoms with Gasteiger partial charge in [0.15, 0.2) is 0 Å². The van der Waals surface area contributed by atoms with Crippen LogP contribution >= 0.6 is 12.6 Å². The van der Waals surface area contributed by atoms with E-state index in [1.807, 2.05) is 29.1 Å². The van der Waals surface area contributed by atoms with Gasteiger partial charge in [0.2, 0.25) is 0 Å². The maximum atomic E-state index is 8.26. The van der Waals surface area contributed by atoms with Gasteiger partial charge in [-0.3, -0.25) is 4.68 Å². The molecule has 0 saturated heterocycles. The van der Waals surface area contributed by atoms with Crippen LogP contribution in [-0.4, -0.2) is 15.5 Å². The average molecular weight is 315 g/mol. The third kappa shape index (κ3) is 4.23. The third-order valence-electron chi connectivity index (χ3n) is 4.06. The fourth-order valence-corrected chi connectivity index (χ4v) is 3.06. The maximum absolute atomic E-state index is 8.26. The number of benzene rings is 1. The van der Waals surface area contributed by atoms with E-state index >= 15 is 0 Å². The lowest BCUT2D eigenvalue weighted by Crippen LogP contribution is -2.15. The summed E-state index contributed by atoms with van der Waals surface area (Å²) in [5, 5.41) is 13.5. The number of hydrogen-bond acceptors (Lipinski definition) is 3. The molecule has 0 fully saturated rings. The number of nitrogens with zero attached hydrogens (tertiary/aromatic N) is 2. The van der Waals surface area contributed by atoms with Gasteiger partial charge < -0.3 is 5.41 Å². The van der Waals surface area contributed by atoms with Crippen LogP contribution in [0.25, 0.3) is 11.1 Å². The molecule has 1 aromatic heterocycles. The Hall–Kier alpha value is -1.55. The van der Waals surface area contributed by atoms with Crippen LogP contribution in [0.2, 0.25) is 0 Å². The average Bonchev–Trinajstić information content (AvgIpc) is 2.92. The van der Waals surface area contributed by atoms with Crippen LogP contribution in [0.1, 0.15) is 39.5 Å². The maximum Gasteiger partial charge on any atom is 0.123 e. The molecule has 0 aliphatic heterocycles. The third-order valence-corrected chi connectivity index (χ3v) is 4.39. The Balaban J connectivity index is 2.01. The van der Waals surface area contributed by atoms with Gasteiger partial charge >= 0.3 is 0 Å². The number of aromatic nitrogens is 2. The summed E-state index contributed by atoms with van der Waals surface area (Å²) in [5.41, 5.74) is 3.03. The second-order valence-electron chi connectivity index (χ2n) is 5.66. The quantitative estimate of drug-likeness (QED) is 0.518. The molecule has 0 aliphatic carbocycles. The van der Waals surface area contributed by atoms with Crippen molar-refractivity contribution in [1.29, 1.82) is 5.41 Å². The van der Waals surface area contributed by atoms with Gasteiger partial charge in [-0.15, -0.1) is 12.6 Å². The normalized spacial score (nSPS) is 12.3. The zero-order valence-electron chi connectivity index (χ0n) is 13.4. The van der Waals surface area contributed by atoms with Gasteiger partial charge in [-0.25, -0.2) is 0 Å². The standard InChI is InChI=1S/C18H25N3S/c1-3-8-14(4-2)17(19)11-12-21-13-16(18(22)20-21)15-9-6-5-7-10-15/h5-7,9-10,13-14,19H,3-4,8,11-12H2,1-2H3,(H,20,22). The van der Waals surface area contributed by atoms with Crippen LogP contribution in [0, 0.1) is 11.3 Å². The first kappa shape index (κ1) is 16.8. The Morgan fingerprint density at radius 2 is 2.00 bits per heavy atom. The number of rotatable bonds is 8. The molecule has 4 heteroatoms. The monoisotopic (exact) mass is 315 g/mol.